The summed E-state index contributed by atoms with van der Waals surface area (Å²) in [5, 5.41) is 0. The Hall–Kier alpha value is -3.30. The Balaban J connectivity index is 1.27. The van der Waals surface area contributed by atoms with Crippen molar-refractivity contribution in [1.82, 2.24) is 9.97 Å². The van der Waals surface area contributed by atoms with Crippen molar-refractivity contribution in [2.24, 2.45) is 23.7 Å². The average molecular weight is 685 g/mol. The summed E-state index contributed by atoms with van der Waals surface area (Å²) < 4.78 is 7.61. The van der Waals surface area contributed by atoms with E-state index < -0.39 is 0 Å². The van der Waals surface area contributed by atoms with Gasteiger partial charge in [0, 0.05) is 23.5 Å². The summed E-state index contributed by atoms with van der Waals surface area (Å²) in [7, 11) is 0. The molecule has 3 nitrogen and oxygen atoms in total. The smallest absolute Gasteiger partial charge is 0.0861 e. The predicted molar refractivity (Wildman–Crippen MR) is 215 cm³/mol. The van der Waals surface area contributed by atoms with E-state index in [1.54, 1.807) is 0 Å². The van der Waals surface area contributed by atoms with Gasteiger partial charge in [-0.15, -0.1) is 0 Å². The van der Waals surface area contributed by atoms with Gasteiger partial charge < -0.3 is 4.74 Å². The Morgan fingerprint density at radius 3 is 1.22 bits per heavy atom. The molecule has 0 spiro atoms. The summed E-state index contributed by atoms with van der Waals surface area (Å²) in [6, 6.07) is 27.4. The number of aryl methyl sites for hydroxylation is 2. The van der Waals surface area contributed by atoms with Crippen molar-refractivity contribution in [2.45, 2.75) is 143 Å². The minimum atomic E-state index is 0.0899. The molecule has 0 N–H and O–H groups in total. The van der Waals surface area contributed by atoms with E-state index in [2.05, 4.69) is 113 Å². The van der Waals surface area contributed by atoms with Crippen LogP contribution < -0.4 is 0 Å². The zero-order chi connectivity index (χ0) is 35.4. The van der Waals surface area contributed by atoms with E-state index >= 15 is 0 Å². The fraction of sp³-hybridized carbons (Fsp3) is 0.542. The van der Waals surface area contributed by atoms with Gasteiger partial charge in [-0.3, -0.25) is 9.97 Å². The van der Waals surface area contributed by atoms with Gasteiger partial charge >= 0.3 is 0 Å². The first kappa shape index (κ1) is 37.5. The van der Waals surface area contributed by atoms with E-state index in [9.17, 15) is 0 Å². The molecule has 0 bridgehead atoms. The molecule has 272 valence electrons. The van der Waals surface area contributed by atoms with Crippen molar-refractivity contribution in [2.75, 3.05) is 0 Å². The van der Waals surface area contributed by atoms with Gasteiger partial charge in [0.05, 0.1) is 23.6 Å². The lowest BCUT2D eigenvalue weighted by Crippen LogP contribution is -2.28. The number of ether oxygens (including phenoxy) is 1. The first-order valence-corrected chi connectivity index (χ1v) is 20.8. The number of benzene rings is 2. The van der Waals surface area contributed by atoms with Crippen LogP contribution in [0.15, 0.2) is 85.2 Å². The van der Waals surface area contributed by atoms with E-state index in [0.29, 0.717) is 11.8 Å². The molecule has 3 heteroatoms. The number of rotatable bonds is 16. The van der Waals surface area contributed by atoms with Crippen molar-refractivity contribution in [3.8, 4) is 22.5 Å². The lowest BCUT2D eigenvalue weighted by molar-refractivity contribution is -0.0905. The monoisotopic (exact) mass is 685 g/mol. The number of nitrogens with zero attached hydrogens (tertiary/aromatic N) is 2. The van der Waals surface area contributed by atoms with Crippen LogP contribution >= 0.6 is 0 Å². The van der Waals surface area contributed by atoms with E-state index in [-0.39, 0.29) is 12.2 Å². The summed E-state index contributed by atoms with van der Waals surface area (Å²) >= 11 is 0. The SMILES string of the molecule is CCCCc1ccc(-c2ccc(C(OC(c3ccc(-c4ccc(CCCC)cn4)cc3)[C@H]3CC[C@H](CC)CC3)[C@H]3CC[C@H](CC)CC3)cc2)nc1. The molecule has 2 aliphatic rings. The highest BCUT2D eigenvalue weighted by Gasteiger charge is 2.35. The molecular formula is C48H64N2O. The topological polar surface area (TPSA) is 35.0 Å². The van der Waals surface area contributed by atoms with Crippen molar-refractivity contribution in [3.63, 3.8) is 0 Å². The molecule has 2 unspecified atom stereocenters. The van der Waals surface area contributed by atoms with Crippen LogP contribution in [-0.4, -0.2) is 9.97 Å². The van der Waals surface area contributed by atoms with Gasteiger partial charge in [-0.1, -0.05) is 140 Å². The van der Waals surface area contributed by atoms with Crippen LogP contribution in [0.25, 0.3) is 22.5 Å². The fourth-order valence-electron chi connectivity index (χ4n) is 8.82. The molecule has 2 fully saturated rings. The van der Waals surface area contributed by atoms with Crippen molar-refractivity contribution < 1.29 is 4.74 Å². The molecular weight excluding hydrogens is 621 g/mol. The zero-order valence-electron chi connectivity index (χ0n) is 32.2. The Kier molecular flexibility index (Phi) is 13.9. The van der Waals surface area contributed by atoms with Crippen molar-refractivity contribution in [3.05, 3.63) is 107 Å². The molecule has 0 radical (unpaired) electrons. The Morgan fingerprint density at radius 2 is 0.902 bits per heavy atom. The van der Waals surface area contributed by atoms with Crippen LogP contribution in [0.2, 0.25) is 0 Å². The van der Waals surface area contributed by atoms with E-state index in [4.69, 9.17) is 14.7 Å². The number of hydrogen-bond acceptors (Lipinski definition) is 3. The first-order valence-electron chi connectivity index (χ1n) is 20.8. The highest BCUT2D eigenvalue weighted by atomic mass is 16.5. The molecule has 6 rings (SSSR count). The lowest BCUT2D eigenvalue weighted by Gasteiger charge is -2.40. The maximum Gasteiger partial charge on any atom is 0.0861 e. The number of unbranched alkanes of at least 4 members (excludes halogenated alkanes) is 2. The number of pyridine rings is 2. The summed E-state index contributed by atoms with van der Waals surface area (Å²) in [4.78, 5) is 9.71. The van der Waals surface area contributed by atoms with E-state index in [0.717, 1.165) is 36.1 Å². The molecule has 0 amide bonds. The third-order valence-electron chi connectivity index (χ3n) is 12.4. The molecule has 4 aromatic rings. The minimum absolute atomic E-state index is 0.0899. The van der Waals surface area contributed by atoms with Crippen LogP contribution in [0.5, 0.6) is 0 Å². The van der Waals surface area contributed by atoms with Crippen LogP contribution in [0.1, 0.15) is 152 Å². The standard InChI is InChI=1S/C48H64N2O/c1-5-9-11-37-17-31-45(49-33-37)39-23-27-43(28-24-39)47(41-19-13-35(7-3)14-20-41)51-48(42-21-15-36(8-4)16-22-42)44-29-25-40(26-30-44)46-32-18-38(34-50-46)12-10-6-2/h17-18,23-36,41-42,47-48H,5-16,19-22H2,1-4H3/t35-,36-,41-,42-,47?,48?. The molecule has 2 aromatic carbocycles. The van der Waals surface area contributed by atoms with Gasteiger partial charge in [0.1, 0.15) is 0 Å². The molecule has 2 aromatic heterocycles. The van der Waals surface area contributed by atoms with Gasteiger partial charge in [0.25, 0.3) is 0 Å². The number of aromatic nitrogens is 2. The largest absolute Gasteiger partial charge is 0.365 e. The maximum atomic E-state index is 7.61. The average Bonchev–Trinajstić information content (AvgIpc) is 3.20. The molecule has 0 saturated heterocycles. The Labute approximate surface area is 310 Å². The summed E-state index contributed by atoms with van der Waals surface area (Å²) in [6.07, 6.45) is 24.2. The van der Waals surface area contributed by atoms with Gasteiger partial charge in [-0.25, -0.2) is 0 Å². The molecule has 2 atom stereocenters. The normalized spacial score (nSPS) is 22.0. The Morgan fingerprint density at radius 1 is 0.510 bits per heavy atom. The third-order valence-corrected chi connectivity index (χ3v) is 12.4. The van der Waals surface area contributed by atoms with Gasteiger partial charge in [0.15, 0.2) is 0 Å². The molecule has 2 aliphatic carbocycles. The molecule has 51 heavy (non-hydrogen) atoms. The first-order chi connectivity index (χ1) is 25.1. The second-order valence-electron chi connectivity index (χ2n) is 15.9. The van der Waals surface area contributed by atoms with Crippen LogP contribution in [0, 0.1) is 23.7 Å². The lowest BCUT2D eigenvalue weighted by atomic mass is 9.75. The highest BCUT2D eigenvalue weighted by Crippen LogP contribution is 2.47. The van der Waals surface area contributed by atoms with Crippen molar-refractivity contribution in [1.29, 1.82) is 0 Å². The van der Waals surface area contributed by atoms with E-state index in [1.165, 1.54) is 123 Å². The molecule has 2 saturated carbocycles. The van der Waals surface area contributed by atoms with Crippen LogP contribution in [-0.2, 0) is 17.6 Å². The maximum absolute atomic E-state index is 7.61. The van der Waals surface area contributed by atoms with Crippen LogP contribution in [0.4, 0.5) is 0 Å². The van der Waals surface area contributed by atoms with E-state index in [1.807, 2.05) is 0 Å². The van der Waals surface area contributed by atoms with Gasteiger partial charge in [-0.2, -0.15) is 0 Å². The predicted octanol–water partition coefficient (Wildman–Crippen LogP) is 13.7. The molecule has 2 heterocycles. The number of hydrogen-bond donors (Lipinski definition) is 0. The summed E-state index contributed by atoms with van der Waals surface area (Å²) in [6.45, 7) is 9.23. The summed E-state index contributed by atoms with van der Waals surface area (Å²) in [5.41, 5.74) is 9.80. The van der Waals surface area contributed by atoms with Crippen LogP contribution in [0.3, 0.4) is 0 Å². The highest BCUT2D eigenvalue weighted by molar-refractivity contribution is 5.60. The minimum Gasteiger partial charge on any atom is -0.365 e. The second kappa shape index (κ2) is 19.0. The second-order valence-corrected chi connectivity index (χ2v) is 15.9. The summed E-state index contributed by atoms with van der Waals surface area (Å²) in [5.74, 6) is 2.80. The Bertz CT molecular complexity index is 1440. The quantitative estimate of drug-likeness (QED) is 0.118. The van der Waals surface area contributed by atoms with Crippen molar-refractivity contribution >= 4 is 0 Å². The molecule has 0 aliphatic heterocycles. The fourth-order valence-corrected chi connectivity index (χ4v) is 8.82. The third kappa shape index (κ3) is 9.98. The van der Waals surface area contributed by atoms with Gasteiger partial charge in [-0.05, 0) is 109 Å². The zero-order valence-corrected chi connectivity index (χ0v) is 32.2. The van der Waals surface area contributed by atoms with Gasteiger partial charge in [0.2, 0.25) is 0 Å².